The Morgan fingerprint density at radius 3 is 2.90 bits per heavy atom. The van der Waals surface area contributed by atoms with E-state index in [1.54, 1.807) is 6.07 Å². The van der Waals surface area contributed by atoms with Gasteiger partial charge in [0.25, 0.3) is 5.56 Å². The van der Waals surface area contributed by atoms with Crippen LogP contribution in [0.5, 0.6) is 0 Å². The third kappa shape index (κ3) is 3.67. The van der Waals surface area contributed by atoms with Crippen molar-refractivity contribution in [2.45, 2.75) is 13.1 Å². The summed E-state index contributed by atoms with van der Waals surface area (Å²) < 4.78 is 0. The molecule has 0 spiro atoms. The number of aromatic nitrogens is 2. The third-order valence-electron chi connectivity index (χ3n) is 2.75. The highest BCUT2D eigenvalue weighted by Crippen LogP contribution is 2.08. The summed E-state index contributed by atoms with van der Waals surface area (Å²) >= 11 is 0. The van der Waals surface area contributed by atoms with Gasteiger partial charge in [0.2, 0.25) is 5.95 Å². The average Bonchev–Trinajstić information content (AvgIpc) is 2.37. The Kier molecular flexibility index (Phi) is 4.13. The molecule has 0 saturated carbocycles. The molecule has 20 heavy (non-hydrogen) atoms. The number of rotatable bonds is 4. The first kappa shape index (κ1) is 13.8. The van der Waals surface area contributed by atoms with Gasteiger partial charge in [0, 0.05) is 19.2 Å². The number of hydrogen-bond donors (Lipinski definition) is 2. The zero-order valence-electron chi connectivity index (χ0n) is 11.1. The van der Waals surface area contributed by atoms with Crippen molar-refractivity contribution in [1.82, 2.24) is 14.9 Å². The van der Waals surface area contributed by atoms with Crippen LogP contribution in [0.4, 0.5) is 5.95 Å². The van der Waals surface area contributed by atoms with E-state index in [1.807, 2.05) is 30.1 Å². The molecule has 0 radical (unpaired) electrons. The normalized spacial score (nSPS) is 10.4. The van der Waals surface area contributed by atoms with Gasteiger partial charge in [-0.15, -0.1) is 0 Å². The van der Waals surface area contributed by atoms with Gasteiger partial charge in [0.15, 0.2) is 0 Å². The summed E-state index contributed by atoms with van der Waals surface area (Å²) in [6, 6.07) is 11.0. The maximum absolute atomic E-state index is 11.3. The first-order valence-corrected chi connectivity index (χ1v) is 6.10. The topological polar surface area (TPSA) is 98.8 Å². The van der Waals surface area contributed by atoms with Gasteiger partial charge < -0.3 is 5.73 Å². The van der Waals surface area contributed by atoms with E-state index in [1.165, 1.54) is 6.07 Å². The Morgan fingerprint density at radius 1 is 1.40 bits per heavy atom. The molecule has 2 aromatic rings. The lowest BCUT2D eigenvalue weighted by atomic mass is 10.1. The first-order valence-electron chi connectivity index (χ1n) is 6.10. The molecule has 0 saturated heterocycles. The van der Waals surface area contributed by atoms with E-state index >= 15 is 0 Å². The summed E-state index contributed by atoms with van der Waals surface area (Å²) in [5.74, 6) is 0.118. The lowest BCUT2D eigenvalue weighted by Gasteiger charge is -2.16. The number of nitrogens with one attached hydrogen (secondary N) is 1. The van der Waals surface area contributed by atoms with Crippen LogP contribution in [-0.4, -0.2) is 21.9 Å². The van der Waals surface area contributed by atoms with Crippen molar-refractivity contribution in [3.05, 3.63) is 57.5 Å². The number of nitrogens with two attached hydrogens (primary N) is 1. The molecule has 0 fully saturated rings. The number of anilines is 1. The van der Waals surface area contributed by atoms with E-state index in [9.17, 15) is 4.79 Å². The Morgan fingerprint density at radius 2 is 2.20 bits per heavy atom. The molecule has 0 unspecified atom stereocenters. The number of hydrogen-bond acceptors (Lipinski definition) is 5. The van der Waals surface area contributed by atoms with E-state index in [0.717, 1.165) is 5.56 Å². The molecule has 0 aliphatic heterocycles. The fraction of sp³-hybridized carbons (Fsp3) is 0.214. The van der Waals surface area contributed by atoms with Crippen molar-refractivity contribution in [3.63, 3.8) is 0 Å². The zero-order chi connectivity index (χ0) is 14.5. The van der Waals surface area contributed by atoms with Gasteiger partial charge >= 0.3 is 0 Å². The minimum atomic E-state index is -0.257. The monoisotopic (exact) mass is 269 g/mol. The maximum Gasteiger partial charge on any atom is 0.252 e. The number of aromatic amines is 1. The van der Waals surface area contributed by atoms with Gasteiger partial charge in [-0.3, -0.25) is 14.7 Å². The van der Waals surface area contributed by atoms with E-state index in [-0.39, 0.29) is 11.5 Å². The van der Waals surface area contributed by atoms with Gasteiger partial charge in [-0.1, -0.05) is 12.1 Å². The van der Waals surface area contributed by atoms with Crippen LogP contribution < -0.4 is 11.3 Å². The predicted octanol–water partition coefficient (Wildman–Crippen LogP) is 0.856. The van der Waals surface area contributed by atoms with Crippen molar-refractivity contribution < 1.29 is 0 Å². The third-order valence-corrected chi connectivity index (χ3v) is 2.75. The number of benzene rings is 1. The fourth-order valence-electron chi connectivity index (χ4n) is 1.99. The highest BCUT2D eigenvalue weighted by molar-refractivity contribution is 5.32. The standard InChI is InChI=1S/C14H15N5O/c1-19(8-11-4-2-3-10(5-11)7-15)9-12-6-13(20)18-14(16)17-12/h2-6H,8-9H2,1H3,(H3,16,17,18,20). The quantitative estimate of drug-likeness (QED) is 0.857. The summed E-state index contributed by atoms with van der Waals surface area (Å²) in [6.45, 7) is 1.16. The Labute approximate surface area is 116 Å². The van der Waals surface area contributed by atoms with Crippen LogP contribution in [0, 0.1) is 11.3 Å². The van der Waals surface area contributed by atoms with Crippen molar-refractivity contribution in [1.29, 1.82) is 5.26 Å². The van der Waals surface area contributed by atoms with Crippen molar-refractivity contribution in [2.75, 3.05) is 12.8 Å². The number of nitrogens with zero attached hydrogens (tertiary/aromatic N) is 3. The molecular formula is C14H15N5O. The summed E-state index contributed by atoms with van der Waals surface area (Å²) in [5.41, 5.74) is 7.53. The second-order valence-corrected chi connectivity index (χ2v) is 4.61. The van der Waals surface area contributed by atoms with Crippen LogP contribution in [0.2, 0.25) is 0 Å². The maximum atomic E-state index is 11.3. The molecular weight excluding hydrogens is 254 g/mol. The van der Waals surface area contributed by atoms with E-state index < -0.39 is 0 Å². The van der Waals surface area contributed by atoms with E-state index in [0.29, 0.717) is 24.3 Å². The minimum absolute atomic E-state index is 0.118. The summed E-state index contributed by atoms with van der Waals surface area (Å²) in [6.07, 6.45) is 0. The van der Waals surface area contributed by atoms with Crippen LogP contribution in [0.3, 0.4) is 0 Å². The zero-order valence-corrected chi connectivity index (χ0v) is 11.1. The molecule has 102 valence electrons. The lowest BCUT2D eigenvalue weighted by molar-refractivity contribution is 0.315. The Bertz CT molecular complexity index is 701. The molecule has 0 bridgehead atoms. The largest absolute Gasteiger partial charge is 0.369 e. The Hall–Kier alpha value is -2.65. The average molecular weight is 269 g/mol. The molecule has 2 rings (SSSR count). The highest BCUT2D eigenvalue weighted by atomic mass is 16.1. The number of nitriles is 1. The molecule has 0 atom stereocenters. The van der Waals surface area contributed by atoms with Crippen LogP contribution in [0.25, 0.3) is 0 Å². The van der Waals surface area contributed by atoms with Crippen LogP contribution in [0.1, 0.15) is 16.8 Å². The van der Waals surface area contributed by atoms with Crippen molar-refractivity contribution in [2.24, 2.45) is 0 Å². The van der Waals surface area contributed by atoms with Crippen molar-refractivity contribution >= 4 is 5.95 Å². The summed E-state index contributed by atoms with van der Waals surface area (Å²) in [7, 11) is 1.91. The van der Waals surface area contributed by atoms with E-state index in [4.69, 9.17) is 11.0 Å². The molecule has 1 aromatic heterocycles. The molecule has 3 N–H and O–H groups in total. The van der Waals surface area contributed by atoms with Gasteiger partial charge in [-0.05, 0) is 24.7 Å². The fourth-order valence-corrected chi connectivity index (χ4v) is 1.99. The van der Waals surface area contributed by atoms with E-state index in [2.05, 4.69) is 16.0 Å². The summed E-state index contributed by atoms with van der Waals surface area (Å²) in [4.78, 5) is 19.8. The number of H-pyrrole nitrogens is 1. The smallest absolute Gasteiger partial charge is 0.252 e. The molecule has 0 aliphatic rings. The van der Waals surface area contributed by atoms with Crippen LogP contribution in [0.15, 0.2) is 35.1 Å². The van der Waals surface area contributed by atoms with Gasteiger partial charge in [-0.2, -0.15) is 5.26 Å². The molecule has 0 aliphatic carbocycles. The molecule has 1 aromatic carbocycles. The molecule has 6 nitrogen and oxygen atoms in total. The Balaban J connectivity index is 2.06. The molecule has 6 heteroatoms. The van der Waals surface area contributed by atoms with Gasteiger partial charge in [0.05, 0.1) is 17.3 Å². The summed E-state index contributed by atoms with van der Waals surface area (Å²) in [5, 5.41) is 8.87. The lowest BCUT2D eigenvalue weighted by Crippen LogP contribution is -2.21. The first-order chi connectivity index (χ1) is 9.56. The second-order valence-electron chi connectivity index (χ2n) is 4.61. The highest BCUT2D eigenvalue weighted by Gasteiger charge is 2.05. The number of nitrogen functional groups attached to an aromatic ring is 1. The molecule has 0 amide bonds. The van der Waals surface area contributed by atoms with Crippen LogP contribution in [-0.2, 0) is 13.1 Å². The second kappa shape index (κ2) is 5.99. The predicted molar refractivity (Wildman–Crippen MR) is 75.6 cm³/mol. The van der Waals surface area contributed by atoms with Crippen molar-refractivity contribution in [3.8, 4) is 6.07 Å². The minimum Gasteiger partial charge on any atom is -0.369 e. The van der Waals surface area contributed by atoms with Gasteiger partial charge in [0.1, 0.15) is 0 Å². The SMILES string of the molecule is CN(Cc1cccc(C#N)c1)Cc1cc(=O)[nH]c(N)n1. The van der Waals surface area contributed by atoms with Gasteiger partial charge in [-0.25, -0.2) is 4.98 Å². The van der Waals surface area contributed by atoms with Crippen LogP contribution >= 0.6 is 0 Å². The molecule has 1 heterocycles.